The van der Waals surface area contributed by atoms with Crippen molar-refractivity contribution in [1.29, 1.82) is 0 Å². The summed E-state index contributed by atoms with van der Waals surface area (Å²) in [6, 6.07) is 8.22. The number of anilines is 1. The van der Waals surface area contributed by atoms with Crippen LogP contribution < -0.4 is 10.2 Å². The molecule has 1 fully saturated rings. The third kappa shape index (κ3) is 4.45. The van der Waals surface area contributed by atoms with Crippen LogP contribution in [0.5, 0.6) is 0 Å². The summed E-state index contributed by atoms with van der Waals surface area (Å²) in [5.74, 6) is 0. The largest absolute Gasteiger partial charge is 0.371 e. The number of piperidine rings is 1. The predicted molar refractivity (Wildman–Crippen MR) is 92.1 cm³/mol. The van der Waals surface area contributed by atoms with Gasteiger partial charge in [-0.3, -0.25) is 0 Å². The molecule has 0 spiro atoms. The van der Waals surface area contributed by atoms with Gasteiger partial charge in [0.15, 0.2) is 0 Å². The molecule has 0 bridgehead atoms. The minimum Gasteiger partial charge on any atom is -0.371 e. The molecule has 0 unspecified atom stereocenters. The van der Waals surface area contributed by atoms with E-state index in [0.717, 1.165) is 12.6 Å². The number of hydrogen-bond donors (Lipinski definition) is 1. The highest BCUT2D eigenvalue weighted by atomic mass is 15.2. The Morgan fingerprint density at radius 1 is 1.24 bits per heavy atom. The van der Waals surface area contributed by atoms with E-state index in [-0.39, 0.29) is 0 Å². The molecule has 1 aliphatic rings. The Labute approximate surface area is 130 Å². The molecule has 0 aliphatic carbocycles. The maximum atomic E-state index is 3.50. The fourth-order valence-corrected chi connectivity index (χ4v) is 3.03. The zero-order chi connectivity index (χ0) is 15.4. The van der Waals surface area contributed by atoms with Gasteiger partial charge in [0.05, 0.1) is 0 Å². The molecule has 0 saturated carbocycles. The lowest BCUT2D eigenvalue weighted by Gasteiger charge is -2.36. The first-order valence-corrected chi connectivity index (χ1v) is 8.21. The van der Waals surface area contributed by atoms with E-state index >= 15 is 0 Å². The van der Waals surface area contributed by atoms with E-state index in [1.807, 2.05) is 0 Å². The summed E-state index contributed by atoms with van der Waals surface area (Å²) < 4.78 is 0. The quantitative estimate of drug-likeness (QED) is 0.899. The second-order valence-corrected chi connectivity index (χ2v) is 6.83. The average Bonchev–Trinajstić information content (AvgIpc) is 2.46. The van der Waals surface area contributed by atoms with Crippen LogP contribution in [0.4, 0.5) is 5.69 Å². The number of rotatable bonds is 5. The van der Waals surface area contributed by atoms with Crippen molar-refractivity contribution >= 4 is 5.69 Å². The van der Waals surface area contributed by atoms with Gasteiger partial charge in [0.25, 0.3) is 0 Å². The van der Waals surface area contributed by atoms with Crippen LogP contribution in [0.1, 0.15) is 37.8 Å². The Kier molecular flexibility index (Phi) is 5.65. The molecule has 1 aromatic rings. The van der Waals surface area contributed by atoms with Crippen LogP contribution in [0.3, 0.4) is 0 Å². The maximum absolute atomic E-state index is 3.50. The van der Waals surface area contributed by atoms with E-state index in [1.165, 1.54) is 42.7 Å². The van der Waals surface area contributed by atoms with Crippen LogP contribution in [0.25, 0.3) is 0 Å². The molecule has 0 aromatic heterocycles. The Morgan fingerprint density at radius 2 is 1.90 bits per heavy atom. The Hall–Kier alpha value is -1.06. The van der Waals surface area contributed by atoms with E-state index in [1.54, 1.807) is 0 Å². The summed E-state index contributed by atoms with van der Waals surface area (Å²) in [5, 5.41) is 3.50. The second-order valence-electron chi connectivity index (χ2n) is 6.83. The number of nitrogens with zero attached hydrogens (tertiary/aromatic N) is 2. The molecule has 2 rings (SSSR count). The van der Waals surface area contributed by atoms with Gasteiger partial charge in [0.2, 0.25) is 0 Å². The second kappa shape index (κ2) is 7.28. The summed E-state index contributed by atoms with van der Waals surface area (Å²) in [4.78, 5) is 4.90. The van der Waals surface area contributed by atoms with Crippen molar-refractivity contribution in [2.45, 2.75) is 52.2 Å². The third-order valence-corrected chi connectivity index (χ3v) is 4.59. The molecule has 1 heterocycles. The lowest BCUT2D eigenvalue weighted by atomic mass is 10.0. The molecule has 118 valence electrons. The molecule has 21 heavy (non-hydrogen) atoms. The number of aryl methyl sites for hydroxylation is 1. The topological polar surface area (TPSA) is 18.5 Å². The zero-order valence-electron chi connectivity index (χ0n) is 14.3. The van der Waals surface area contributed by atoms with Gasteiger partial charge in [-0.2, -0.15) is 0 Å². The number of hydrogen-bond acceptors (Lipinski definition) is 3. The molecule has 1 N–H and O–H groups in total. The molecule has 0 amide bonds. The van der Waals surface area contributed by atoms with Crippen molar-refractivity contribution in [3.8, 4) is 0 Å². The van der Waals surface area contributed by atoms with Gasteiger partial charge in [-0.1, -0.05) is 19.9 Å². The smallest absolute Gasteiger partial charge is 0.0369 e. The van der Waals surface area contributed by atoms with Gasteiger partial charge in [0.1, 0.15) is 0 Å². The Morgan fingerprint density at radius 3 is 2.43 bits per heavy atom. The summed E-state index contributed by atoms with van der Waals surface area (Å²) in [6.45, 7) is 9.93. The highest BCUT2D eigenvalue weighted by Gasteiger charge is 2.20. The van der Waals surface area contributed by atoms with E-state index in [0.29, 0.717) is 6.04 Å². The Balaban J connectivity index is 1.97. The molecule has 3 heteroatoms. The molecule has 1 saturated heterocycles. The number of benzene rings is 1. The summed E-state index contributed by atoms with van der Waals surface area (Å²) >= 11 is 0. The first kappa shape index (κ1) is 16.3. The molecule has 0 radical (unpaired) electrons. The SMILES string of the molecule is Cc1cc(N2CCC(N(C)C)CC2)ccc1CNC(C)C. The molecular formula is C18H31N3. The van der Waals surface area contributed by atoms with Crippen LogP contribution in [-0.4, -0.2) is 44.2 Å². The van der Waals surface area contributed by atoms with Gasteiger partial charge in [-0.05, 0) is 57.1 Å². The van der Waals surface area contributed by atoms with Gasteiger partial charge >= 0.3 is 0 Å². The highest BCUT2D eigenvalue weighted by Crippen LogP contribution is 2.24. The summed E-state index contributed by atoms with van der Waals surface area (Å²) in [6.07, 6.45) is 2.53. The van der Waals surface area contributed by atoms with Crippen LogP contribution >= 0.6 is 0 Å². The van der Waals surface area contributed by atoms with Crippen LogP contribution in [0, 0.1) is 6.92 Å². The van der Waals surface area contributed by atoms with Crippen molar-refractivity contribution in [1.82, 2.24) is 10.2 Å². The van der Waals surface area contributed by atoms with Gasteiger partial charge < -0.3 is 15.1 Å². The fourth-order valence-electron chi connectivity index (χ4n) is 3.03. The minimum absolute atomic E-state index is 0.536. The van der Waals surface area contributed by atoms with E-state index < -0.39 is 0 Å². The molecular weight excluding hydrogens is 258 g/mol. The van der Waals surface area contributed by atoms with Crippen molar-refractivity contribution in [3.63, 3.8) is 0 Å². The standard InChI is InChI=1S/C18H31N3/c1-14(2)19-13-16-6-7-18(12-15(16)3)21-10-8-17(9-11-21)20(4)5/h6-7,12,14,17,19H,8-11,13H2,1-5H3. The monoisotopic (exact) mass is 289 g/mol. The Bertz CT molecular complexity index is 446. The van der Waals surface area contributed by atoms with Crippen molar-refractivity contribution in [3.05, 3.63) is 29.3 Å². The van der Waals surface area contributed by atoms with Gasteiger partial charge in [-0.15, -0.1) is 0 Å². The van der Waals surface area contributed by atoms with Crippen LogP contribution in [0.2, 0.25) is 0 Å². The molecule has 1 aromatic carbocycles. The van der Waals surface area contributed by atoms with Crippen LogP contribution in [-0.2, 0) is 6.54 Å². The van der Waals surface area contributed by atoms with E-state index in [2.05, 4.69) is 68.2 Å². The van der Waals surface area contributed by atoms with Crippen molar-refractivity contribution in [2.24, 2.45) is 0 Å². The first-order chi connectivity index (χ1) is 9.97. The summed E-state index contributed by atoms with van der Waals surface area (Å²) in [5.41, 5.74) is 4.20. The predicted octanol–water partition coefficient (Wildman–Crippen LogP) is 3.02. The molecule has 1 aliphatic heterocycles. The van der Waals surface area contributed by atoms with Crippen molar-refractivity contribution < 1.29 is 0 Å². The zero-order valence-corrected chi connectivity index (χ0v) is 14.3. The van der Waals surface area contributed by atoms with Crippen molar-refractivity contribution in [2.75, 3.05) is 32.1 Å². The van der Waals surface area contributed by atoms with Crippen LogP contribution in [0.15, 0.2) is 18.2 Å². The van der Waals surface area contributed by atoms with E-state index in [9.17, 15) is 0 Å². The highest BCUT2D eigenvalue weighted by molar-refractivity contribution is 5.51. The van der Waals surface area contributed by atoms with E-state index in [4.69, 9.17) is 0 Å². The normalized spacial score (nSPS) is 17.0. The van der Waals surface area contributed by atoms with Gasteiger partial charge in [0, 0.05) is 37.4 Å². The summed E-state index contributed by atoms with van der Waals surface area (Å²) in [7, 11) is 4.39. The molecule has 3 nitrogen and oxygen atoms in total. The fraction of sp³-hybridized carbons (Fsp3) is 0.667. The third-order valence-electron chi connectivity index (χ3n) is 4.59. The lowest BCUT2D eigenvalue weighted by molar-refractivity contribution is 0.249. The lowest BCUT2D eigenvalue weighted by Crippen LogP contribution is -2.42. The minimum atomic E-state index is 0.536. The first-order valence-electron chi connectivity index (χ1n) is 8.21. The number of nitrogens with one attached hydrogen (secondary N) is 1. The molecule has 0 atom stereocenters. The van der Waals surface area contributed by atoms with Gasteiger partial charge in [-0.25, -0.2) is 0 Å². The maximum Gasteiger partial charge on any atom is 0.0369 e. The average molecular weight is 289 g/mol.